The van der Waals surface area contributed by atoms with Gasteiger partial charge in [-0.25, -0.2) is 9.97 Å². The van der Waals surface area contributed by atoms with Crippen molar-refractivity contribution in [1.29, 1.82) is 0 Å². The second-order valence-corrected chi connectivity index (χ2v) is 5.04. The first-order chi connectivity index (χ1) is 8.51. The summed E-state index contributed by atoms with van der Waals surface area (Å²) in [6.07, 6.45) is 0.827. The van der Waals surface area contributed by atoms with E-state index in [0.717, 1.165) is 28.4 Å². The number of hydrogen-bond donors (Lipinski definition) is 0. The van der Waals surface area contributed by atoms with Gasteiger partial charge in [-0.1, -0.05) is 0 Å². The quantitative estimate of drug-likeness (QED) is 0.626. The lowest BCUT2D eigenvalue weighted by molar-refractivity contribution is 0.112. The van der Waals surface area contributed by atoms with Gasteiger partial charge in [0.05, 0.1) is 11.3 Å². The first-order valence-corrected chi connectivity index (χ1v) is 6.32. The van der Waals surface area contributed by atoms with Crippen LogP contribution >= 0.6 is 11.8 Å². The Morgan fingerprint density at radius 3 is 2.39 bits per heavy atom. The van der Waals surface area contributed by atoms with Crippen LogP contribution in [0.15, 0.2) is 16.2 Å². The lowest BCUT2D eigenvalue weighted by atomic mass is 10.3. The van der Waals surface area contributed by atoms with Crippen molar-refractivity contribution in [2.24, 2.45) is 7.05 Å². The van der Waals surface area contributed by atoms with Crippen LogP contribution in [0, 0.1) is 20.8 Å². The van der Waals surface area contributed by atoms with Gasteiger partial charge in [0.2, 0.25) is 0 Å². The van der Waals surface area contributed by atoms with Crippen LogP contribution in [0.2, 0.25) is 0 Å². The molecule has 0 N–H and O–H groups in total. The van der Waals surface area contributed by atoms with Crippen molar-refractivity contribution in [3.05, 3.63) is 28.7 Å². The zero-order chi connectivity index (χ0) is 13.3. The predicted octanol–water partition coefficient (Wildman–Crippen LogP) is 2.10. The fourth-order valence-electron chi connectivity index (χ4n) is 1.74. The number of aromatic nitrogens is 4. The number of rotatable bonds is 3. The molecule has 0 atom stereocenters. The Labute approximate surface area is 110 Å². The molecule has 18 heavy (non-hydrogen) atoms. The molecule has 0 aliphatic carbocycles. The fraction of sp³-hybridized carbons (Fsp3) is 0.333. The summed E-state index contributed by atoms with van der Waals surface area (Å²) in [6.45, 7) is 5.66. The van der Waals surface area contributed by atoms with Crippen LogP contribution in [0.5, 0.6) is 0 Å². The molecule has 2 heterocycles. The van der Waals surface area contributed by atoms with E-state index in [0.29, 0.717) is 10.7 Å². The lowest BCUT2D eigenvalue weighted by Crippen LogP contribution is -1.97. The van der Waals surface area contributed by atoms with Crippen molar-refractivity contribution < 1.29 is 4.79 Å². The first kappa shape index (κ1) is 12.8. The molecule has 6 heteroatoms. The maximum atomic E-state index is 11.1. The maximum absolute atomic E-state index is 11.1. The molecule has 0 spiro atoms. The van der Waals surface area contributed by atoms with E-state index in [1.165, 1.54) is 11.8 Å². The Bertz CT molecular complexity index is 586. The van der Waals surface area contributed by atoms with Crippen LogP contribution in [0.3, 0.4) is 0 Å². The second kappa shape index (κ2) is 4.89. The van der Waals surface area contributed by atoms with Crippen molar-refractivity contribution >= 4 is 18.0 Å². The minimum atomic E-state index is 0.602. The van der Waals surface area contributed by atoms with Crippen LogP contribution < -0.4 is 0 Å². The molecule has 5 nitrogen and oxygen atoms in total. The first-order valence-electron chi connectivity index (χ1n) is 5.50. The number of carbonyl (C=O) groups is 1. The van der Waals surface area contributed by atoms with E-state index in [-0.39, 0.29) is 0 Å². The number of carbonyl (C=O) groups excluding carboxylic acids is 1. The molecule has 0 saturated heterocycles. The smallest absolute Gasteiger partial charge is 0.194 e. The van der Waals surface area contributed by atoms with Gasteiger partial charge in [0.15, 0.2) is 11.4 Å². The van der Waals surface area contributed by atoms with E-state index in [4.69, 9.17) is 0 Å². The summed E-state index contributed by atoms with van der Waals surface area (Å²) in [5.41, 5.74) is 3.15. The maximum Gasteiger partial charge on any atom is 0.194 e. The highest BCUT2D eigenvalue weighted by atomic mass is 32.2. The number of hydrogen-bond acceptors (Lipinski definition) is 5. The van der Waals surface area contributed by atoms with E-state index < -0.39 is 0 Å². The van der Waals surface area contributed by atoms with Gasteiger partial charge in [-0.15, -0.1) is 0 Å². The topological polar surface area (TPSA) is 60.7 Å². The molecule has 2 aromatic rings. The van der Waals surface area contributed by atoms with Crippen LogP contribution in [0.25, 0.3) is 0 Å². The van der Waals surface area contributed by atoms with Gasteiger partial charge in [-0.3, -0.25) is 9.48 Å². The molecule has 0 aliphatic heterocycles. The number of aldehydes is 1. The molecule has 2 rings (SSSR count). The van der Waals surface area contributed by atoms with Crippen LogP contribution in [0.4, 0.5) is 0 Å². The van der Waals surface area contributed by atoms with Gasteiger partial charge in [-0.05, 0) is 38.6 Å². The fourth-order valence-corrected chi connectivity index (χ4v) is 2.77. The molecule has 0 saturated carbocycles. The molecule has 0 aromatic carbocycles. The highest BCUT2D eigenvalue weighted by molar-refractivity contribution is 7.99. The van der Waals surface area contributed by atoms with E-state index in [1.807, 2.05) is 33.9 Å². The summed E-state index contributed by atoms with van der Waals surface area (Å²) in [7, 11) is 1.81. The minimum absolute atomic E-state index is 0.602. The van der Waals surface area contributed by atoms with Gasteiger partial charge < -0.3 is 0 Å². The van der Waals surface area contributed by atoms with Crippen LogP contribution in [-0.2, 0) is 7.05 Å². The molecular formula is C12H14N4OS. The van der Waals surface area contributed by atoms with Gasteiger partial charge >= 0.3 is 0 Å². The summed E-state index contributed by atoms with van der Waals surface area (Å²) >= 11 is 1.36. The van der Waals surface area contributed by atoms with Crippen molar-refractivity contribution in [3.8, 4) is 0 Å². The summed E-state index contributed by atoms with van der Waals surface area (Å²) in [5, 5.41) is 5.64. The zero-order valence-corrected chi connectivity index (χ0v) is 11.6. The Kier molecular flexibility index (Phi) is 3.47. The standard InChI is InChI=1S/C12H14N4OS/c1-7-5-8(2)14-12(13-7)18-11-10(6-17)9(3)15-16(11)4/h5-6H,1-4H3. The SMILES string of the molecule is Cc1cc(C)nc(Sc2c(C=O)c(C)nn2C)n1. The van der Waals surface area contributed by atoms with Crippen LogP contribution in [-0.4, -0.2) is 26.0 Å². The predicted molar refractivity (Wildman–Crippen MR) is 69.0 cm³/mol. The van der Waals surface area contributed by atoms with E-state index in [9.17, 15) is 4.79 Å². The van der Waals surface area contributed by atoms with Crippen molar-refractivity contribution in [1.82, 2.24) is 19.7 Å². The molecule has 94 valence electrons. The molecule has 0 bridgehead atoms. The third kappa shape index (κ3) is 2.43. The molecule has 0 radical (unpaired) electrons. The van der Waals surface area contributed by atoms with Crippen molar-refractivity contribution in [3.63, 3.8) is 0 Å². The van der Waals surface area contributed by atoms with E-state index >= 15 is 0 Å². The Hall–Kier alpha value is -1.69. The molecule has 2 aromatic heterocycles. The molecule has 0 unspecified atom stereocenters. The monoisotopic (exact) mass is 262 g/mol. The Morgan fingerprint density at radius 1 is 1.22 bits per heavy atom. The normalized spacial score (nSPS) is 10.7. The minimum Gasteiger partial charge on any atom is -0.298 e. The average Bonchev–Trinajstić information content (AvgIpc) is 2.52. The third-order valence-electron chi connectivity index (χ3n) is 2.48. The van der Waals surface area contributed by atoms with Gasteiger partial charge in [0.25, 0.3) is 0 Å². The second-order valence-electron chi connectivity index (χ2n) is 4.08. The van der Waals surface area contributed by atoms with Gasteiger partial charge in [0.1, 0.15) is 5.03 Å². The summed E-state index contributed by atoms with van der Waals surface area (Å²) in [6, 6.07) is 1.92. The highest BCUT2D eigenvalue weighted by Gasteiger charge is 2.15. The van der Waals surface area contributed by atoms with Gasteiger partial charge in [0, 0.05) is 18.4 Å². The summed E-state index contributed by atoms with van der Waals surface area (Å²) in [4.78, 5) is 19.8. The van der Waals surface area contributed by atoms with E-state index in [1.54, 1.807) is 4.68 Å². The highest BCUT2D eigenvalue weighted by Crippen LogP contribution is 2.28. The van der Waals surface area contributed by atoms with E-state index in [2.05, 4.69) is 15.1 Å². The van der Waals surface area contributed by atoms with Crippen LogP contribution in [0.1, 0.15) is 27.4 Å². The lowest BCUT2D eigenvalue weighted by Gasteiger charge is -2.03. The molecular weight excluding hydrogens is 248 g/mol. The molecule has 0 amide bonds. The summed E-state index contributed by atoms with van der Waals surface area (Å²) < 4.78 is 1.69. The van der Waals surface area contributed by atoms with Crippen molar-refractivity contribution in [2.45, 2.75) is 31.0 Å². The van der Waals surface area contributed by atoms with Crippen molar-refractivity contribution in [2.75, 3.05) is 0 Å². The third-order valence-corrected chi connectivity index (χ3v) is 3.52. The molecule has 0 aliphatic rings. The Balaban J connectivity index is 2.42. The average molecular weight is 262 g/mol. The Morgan fingerprint density at radius 2 is 1.83 bits per heavy atom. The number of nitrogens with zero attached hydrogens (tertiary/aromatic N) is 4. The summed E-state index contributed by atoms with van der Waals surface area (Å²) in [5.74, 6) is 0. The molecule has 0 fully saturated rings. The largest absolute Gasteiger partial charge is 0.298 e. The zero-order valence-electron chi connectivity index (χ0n) is 10.8. The van der Waals surface area contributed by atoms with Gasteiger partial charge in [-0.2, -0.15) is 5.10 Å². The number of aryl methyl sites for hydroxylation is 4.